The molecule has 0 aliphatic heterocycles. The Morgan fingerprint density at radius 3 is 2.50 bits per heavy atom. The van der Waals surface area contributed by atoms with Crippen LogP contribution in [0.15, 0.2) is 42.6 Å². The summed E-state index contributed by atoms with van der Waals surface area (Å²) in [5, 5.41) is 6.98. The van der Waals surface area contributed by atoms with Gasteiger partial charge in [-0.3, -0.25) is 9.48 Å². The number of rotatable bonds is 8. The second-order valence-corrected chi connectivity index (χ2v) is 7.73. The minimum Gasteiger partial charge on any atom is -0.496 e. The van der Waals surface area contributed by atoms with Crippen molar-refractivity contribution < 1.29 is 23.7 Å². The quantitative estimate of drug-likeness (QED) is 0.512. The Morgan fingerprint density at radius 1 is 1.09 bits per heavy atom. The first-order chi connectivity index (χ1) is 16.3. The predicted molar refractivity (Wildman–Crippen MR) is 130 cm³/mol. The maximum Gasteiger partial charge on any atom is 0.257 e. The molecule has 0 fully saturated rings. The van der Waals surface area contributed by atoms with Gasteiger partial charge in [-0.2, -0.15) is 5.10 Å². The average molecular weight is 464 g/mol. The van der Waals surface area contributed by atoms with Crippen molar-refractivity contribution in [1.82, 2.24) is 9.78 Å². The molecule has 0 spiro atoms. The van der Waals surface area contributed by atoms with E-state index in [0.717, 1.165) is 5.56 Å². The Balaban J connectivity index is 1.98. The van der Waals surface area contributed by atoms with E-state index in [4.69, 9.17) is 18.9 Å². The van der Waals surface area contributed by atoms with Crippen LogP contribution in [0.2, 0.25) is 0 Å². The molecule has 0 aliphatic carbocycles. The number of hydrogen-bond donors (Lipinski definition) is 1. The molecule has 3 aromatic rings. The van der Waals surface area contributed by atoms with Crippen LogP contribution in [0.3, 0.4) is 0 Å². The molecule has 1 amide bonds. The summed E-state index contributed by atoms with van der Waals surface area (Å²) in [5.74, 6) is 8.24. The summed E-state index contributed by atoms with van der Waals surface area (Å²) in [7, 11) is 6.60. The number of nitrogens with one attached hydrogen (secondary N) is 1. The van der Waals surface area contributed by atoms with E-state index in [9.17, 15) is 4.79 Å². The van der Waals surface area contributed by atoms with Crippen molar-refractivity contribution in [2.24, 2.45) is 7.05 Å². The third-order valence-corrected chi connectivity index (χ3v) is 4.92. The van der Waals surface area contributed by atoms with Crippen LogP contribution in [0.1, 0.15) is 34.0 Å². The minimum absolute atomic E-state index is 0.207. The van der Waals surface area contributed by atoms with Crippen LogP contribution >= 0.6 is 0 Å². The summed E-state index contributed by atoms with van der Waals surface area (Å²) in [6, 6.07) is 10.6. The van der Waals surface area contributed by atoms with Crippen LogP contribution in [-0.2, 0) is 11.8 Å². The van der Waals surface area contributed by atoms with Gasteiger partial charge in [0.2, 0.25) is 0 Å². The summed E-state index contributed by atoms with van der Waals surface area (Å²) in [6.07, 6.45) is 1.54. The van der Waals surface area contributed by atoms with E-state index < -0.39 is 0 Å². The minimum atomic E-state index is -0.318. The topological polar surface area (TPSA) is 83.8 Å². The lowest BCUT2D eigenvalue weighted by atomic mass is 10.1. The average Bonchev–Trinajstić information content (AvgIpc) is 3.22. The van der Waals surface area contributed by atoms with E-state index in [-0.39, 0.29) is 12.0 Å². The van der Waals surface area contributed by atoms with Gasteiger partial charge in [0.25, 0.3) is 5.91 Å². The zero-order valence-electron chi connectivity index (χ0n) is 20.3. The van der Waals surface area contributed by atoms with Crippen molar-refractivity contribution in [2.75, 3.05) is 33.3 Å². The van der Waals surface area contributed by atoms with Crippen molar-refractivity contribution in [1.29, 1.82) is 0 Å². The van der Waals surface area contributed by atoms with Gasteiger partial charge in [-0.25, -0.2) is 0 Å². The van der Waals surface area contributed by atoms with Crippen LogP contribution in [0.5, 0.6) is 17.2 Å². The third kappa shape index (κ3) is 6.30. The first-order valence-electron chi connectivity index (χ1n) is 10.7. The Hall–Kier alpha value is -3.96. The van der Waals surface area contributed by atoms with E-state index in [0.29, 0.717) is 46.4 Å². The molecule has 0 radical (unpaired) electrons. The molecule has 1 N–H and O–H groups in total. The van der Waals surface area contributed by atoms with Crippen molar-refractivity contribution in [2.45, 2.75) is 20.0 Å². The number of carbonyl (C=O) groups excluding carboxylic acids is 1. The molecule has 1 heterocycles. The molecule has 0 saturated carbocycles. The predicted octanol–water partition coefficient (Wildman–Crippen LogP) is 3.81. The van der Waals surface area contributed by atoms with Crippen molar-refractivity contribution >= 4 is 11.7 Å². The highest BCUT2D eigenvalue weighted by molar-refractivity contribution is 6.04. The summed E-state index contributed by atoms with van der Waals surface area (Å²) in [6.45, 7) is 4.23. The first-order valence-corrected chi connectivity index (χ1v) is 10.7. The molecule has 34 heavy (non-hydrogen) atoms. The fourth-order valence-corrected chi connectivity index (χ4v) is 3.33. The maximum absolute atomic E-state index is 12.9. The van der Waals surface area contributed by atoms with E-state index in [1.54, 1.807) is 63.5 Å². The van der Waals surface area contributed by atoms with Gasteiger partial charge in [0, 0.05) is 37.5 Å². The number of anilines is 1. The van der Waals surface area contributed by atoms with Crippen LogP contribution < -0.4 is 19.5 Å². The maximum atomic E-state index is 12.9. The number of hydrogen-bond acceptors (Lipinski definition) is 6. The molecule has 3 rings (SSSR count). The van der Waals surface area contributed by atoms with Gasteiger partial charge in [0.15, 0.2) is 5.82 Å². The standard InChI is InChI=1S/C26H29N3O5/c1-17-11-24(33-6)20(15-23(17)32-5)8-7-19-12-21(14-22(13-19)34-18(2)16-31-4)26(30)27-25-9-10-29(3)28-25/h9-15,18H,16H2,1-6H3,(H,27,28,30)/t18-/m0/s1. The molecule has 0 saturated heterocycles. The van der Waals surface area contributed by atoms with Gasteiger partial charge in [-0.05, 0) is 49.7 Å². The highest BCUT2D eigenvalue weighted by atomic mass is 16.5. The number of aryl methyl sites for hydroxylation is 2. The van der Waals surface area contributed by atoms with Crippen molar-refractivity contribution in [3.63, 3.8) is 0 Å². The van der Waals surface area contributed by atoms with Crippen LogP contribution in [0.4, 0.5) is 5.82 Å². The van der Waals surface area contributed by atoms with E-state index in [2.05, 4.69) is 22.3 Å². The Bertz CT molecular complexity index is 1220. The van der Waals surface area contributed by atoms with Crippen molar-refractivity contribution in [3.05, 3.63) is 64.8 Å². The van der Waals surface area contributed by atoms with Gasteiger partial charge >= 0.3 is 0 Å². The number of carbonyl (C=O) groups is 1. The molecule has 8 heteroatoms. The molecule has 2 aromatic carbocycles. The molecule has 1 atom stereocenters. The SMILES string of the molecule is COC[C@H](C)Oc1cc(C#Cc2cc(OC)c(C)cc2OC)cc(C(=O)Nc2ccn(C)n2)c1. The molecule has 1 aromatic heterocycles. The summed E-state index contributed by atoms with van der Waals surface area (Å²) in [4.78, 5) is 12.9. The Labute approximate surface area is 199 Å². The summed E-state index contributed by atoms with van der Waals surface area (Å²) >= 11 is 0. The lowest BCUT2D eigenvalue weighted by Crippen LogP contribution is -2.19. The number of nitrogens with zero attached hydrogens (tertiary/aromatic N) is 2. The Morgan fingerprint density at radius 2 is 1.85 bits per heavy atom. The largest absolute Gasteiger partial charge is 0.496 e. The second kappa shape index (κ2) is 11.3. The smallest absolute Gasteiger partial charge is 0.257 e. The number of aromatic nitrogens is 2. The van der Waals surface area contributed by atoms with Gasteiger partial charge < -0.3 is 24.3 Å². The van der Waals surface area contributed by atoms with Crippen molar-refractivity contribution in [3.8, 4) is 29.1 Å². The highest BCUT2D eigenvalue weighted by Crippen LogP contribution is 2.28. The zero-order chi connectivity index (χ0) is 24.7. The fourth-order valence-electron chi connectivity index (χ4n) is 3.33. The van der Waals surface area contributed by atoms with E-state index in [1.165, 1.54) is 0 Å². The molecule has 178 valence electrons. The molecule has 0 aliphatic rings. The lowest BCUT2D eigenvalue weighted by molar-refractivity contribution is 0.0917. The third-order valence-electron chi connectivity index (χ3n) is 4.92. The van der Waals surface area contributed by atoms with Gasteiger partial charge in [0.05, 0.1) is 26.4 Å². The van der Waals surface area contributed by atoms with Crippen LogP contribution in [0.25, 0.3) is 0 Å². The number of methoxy groups -OCH3 is 3. The fraction of sp³-hybridized carbons (Fsp3) is 0.308. The Kier molecular flexibility index (Phi) is 8.17. The normalized spacial score (nSPS) is 11.2. The number of benzene rings is 2. The van der Waals surface area contributed by atoms with Gasteiger partial charge in [0.1, 0.15) is 23.4 Å². The molecule has 0 unspecified atom stereocenters. The van der Waals surface area contributed by atoms with Crippen LogP contribution in [-0.4, -0.2) is 49.7 Å². The molecular weight excluding hydrogens is 434 g/mol. The number of ether oxygens (including phenoxy) is 4. The lowest BCUT2D eigenvalue weighted by Gasteiger charge is -2.15. The molecule has 8 nitrogen and oxygen atoms in total. The monoisotopic (exact) mass is 463 g/mol. The highest BCUT2D eigenvalue weighted by Gasteiger charge is 2.13. The van der Waals surface area contributed by atoms with E-state index >= 15 is 0 Å². The van der Waals surface area contributed by atoms with Gasteiger partial charge in [-0.1, -0.05) is 11.8 Å². The van der Waals surface area contributed by atoms with Gasteiger partial charge in [-0.15, -0.1) is 0 Å². The summed E-state index contributed by atoms with van der Waals surface area (Å²) < 4.78 is 23.6. The van der Waals surface area contributed by atoms with Crippen LogP contribution in [0, 0.1) is 18.8 Å². The second-order valence-electron chi connectivity index (χ2n) is 7.73. The van der Waals surface area contributed by atoms with E-state index in [1.807, 2.05) is 26.0 Å². The molecule has 0 bridgehead atoms. The molecular formula is C26H29N3O5. The zero-order valence-corrected chi connectivity index (χ0v) is 20.3. The number of amides is 1. The summed E-state index contributed by atoms with van der Waals surface area (Å²) in [5.41, 5.74) is 2.62. The first kappa shape index (κ1) is 24.7.